The first kappa shape index (κ1) is 21.9. The number of hydrogen-bond donors (Lipinski definition) is 2. The highest BCUT2D eigenvalue weighted by atomic mass is 19.1. The fraction of sp³-hybridized carbons (Fsp3) is 0.231. The fourth-order valence-corrected chi connectivity index (χ4v) is 4.03. The molecular formula is C26H27FN4O. The summed E-state index contributed by atoms with van der Waals surface area (Å²) in [6.07, 6.45) is 0.735. The molecule has 0 saturated heterocycles. The first-order chi connectivity index (χ1) is 15.4. The van der Waals surface area contributed by atoms with E-state index in [9.17, 15) is 9.18 Å². The van der Waals surface area contributed by atoms with Gasteiger partial charge < -0.3 is 16.0 Å². The average Bonchev–Trinajstić information content (AvgIpc) is 3.08. The third kappa shape index (κ3) is 4.77. The molecule has 164 valence electrons. The van der Waals surface area contributed by atoms with Gasteiger partial charge in [-0.05, 0) is 79.6 Å². The van der Waals surface area contributed by atoms with Gasteiger partial charge in [0, 0.05) is 12.2 Å². The Morgan fingerprint density at radius 1 is 1.06 bits per heavy atom. The third-order valence-corrected chi connectivity index (χ3v) is 5.46. The van der Waals surface area contributed by atoms with E-state index in [1.165, 1.54) is 17.7 Å². The van der Waals surface area contributed by atoms with Gasteiger partial charge in [-0.1, -0.05) is 36.4 Å². The second-order valence-electron chi connectivity index (χ2n) is 8.29. The van der Waals surface area contributed by atoms with Crippen molar-refractivity contribution >= 4 is 23.0 Å². The Hall–Kier alpha value is -3.35. The van der Waals surface area contributed by atoms with Crippen LogP contribution in [0.15, 0.2) is 71.7 Å². The van der Waals surface area contributed by atoms with Crippen LogP contribution >= 0.6 is 0 Å². The van der Waals surface area contributed by atoms with Gasteiger partial charge in [0.2, 0.25) is 5.91 Å². The molecule has 5 nitrogen and oxygen atoms in total. The zero-order chi connectivity index (χ0) is 22.7. The Morgan fingerprint density at radius 3 is 2.56 bits per heavy atom. The van der Waals surface area contributed by atoms with Gasteiger partial charge in [-0.15, -0.1) is 0 Å². The highest BCUT2D eigenvalue weighted by Gasteiger charge is 2.35. The normalized spacial score (nSPS) is 15.7. The molecule has 0 spiro atoms. The summed E-state index contributed by atoms with van der Waals surface area (Å²) in [5, 5.41) is 2.81. The summed E-state index contributed by atoms with van der Waals surface area (Å²) in [6.45, 7) is 1.37. The minimum atomic E-state index is -0.625. The van der Waals surface area contributed by atoms with Crippen molar-refractivity contribution in [2.45, 2.75) is 18.9 Å². The second kappa shape index (κ2) is 9.42. The van der Waals surface area contributed by atoms with Crippen LogP contribution in [0.25, 0.3) is 0 Å². The van der Waals surface area contributed by atoms with E-state index >= 15 is 0 Å². The van der Waals surface area contributed by atoms with Gasteiger partial charge in [0.05, 0.1) is 11.4 Å². The smallest absolute Gasteiger partial charge is 0.238 e. The lowest BCUT2D eigenvalue weighted by molar-refractivity contribution is -0.115. The summed E-state index contributed by atoms with van der Waals surface area (Å²) in [4.78, 5) is 20.0. The zero-order valence-corrected chi connectivity index (χ0v) is 18.3. The summed E-state index contributed by atoms with van der Waals surface area (Å²) < 4.78 is 13.8. The molecule has 0 fully saturated rings. The molecule has 3 aromatic rings. The number of amides is 1. The number of anilines is 1. The maximum atomic E-state index is 13.8. The number of nitrogens with one attached hydrogen (secondary N) is 1. The number of carbonyl (C=O) groups is 1. The van der Waals surface area contributed by atoms with Crippen molar-refractivity contribution in [1.82, 2.24) is 4.90 Å². The molecule has 0 aliphatic carbocycles. The molecule has 1 aliphatic rings. The van der Waals surface area contributed by atoms with E-state index in [1.807, 2.05) is 62.6 Å². The van der Waals surface area contributed by atoms with E-state index in [0.29, 0.717) is 17.9 Å². The van der Waals surface area contributed by atoms with Crippen molar-refractivity contribution in [2.75, 3.05) is 26.0 Å². The molecule has 0 aromatic heterocycles. The summed E-state index contributed by atoms with van der Waals surface area (Å²) in [5.74, 6) is -1.22. The second-order valence-corrected chi connectivity index (χ2v) is 8.29. The molecule has 0 radical (unpaired) electrons. The molecule has 1 atom stereocenters. The van der Waals surface area contributed by atoms with Crippen molar-refractivity contribution in [1.29, 1.82) is 0 Å². The van der Waals surface area contributed by atoms with E-state index in [2.05, 4.69) is 10.2 Å². The number of benzene rings is 3. The molecule has 0 bridgehead atoms. The average molecular weight is 431 g/mol. The number of aliphatic imine (C=N–C) groups is 1. The van der Waals surface area contributed by atoms with Gasteiger partial charge in [-0.25, -0.2) is 4.39 Å². The lowest BCUT2D eigenvalue weighted by Gasteiger charge is -2.15. The molecule has 4 rings (SSSR count). The Morgan fingerprint density at radius 2 is 1.84 bits per heavy atom. The van der Waals surface area contributed by atoms with E-state index in [-0.39, 0.29) is 11.7 Å². The number of fused-ring (bicyclic) bond motifs is 1. The number of halogens is 1. The molecule has 1 heterocycles. The van der Waals surface area contributed by atoms with Gasteiger partial charge in [0.1, 0.15) is 11.7 Å². The fourth-order valence-electron chi connectivity index (χ4n) is 4.03. The first-order valence-corrected chi connectivity index (χ1v) is 10.7. The van der Waals surface area contributed by atoms with Crippen LogP contribution < -0.4 is 11.1 Å². The topological polar surface area (TPSA) is 70.7 Å². The van der Waals surface area contributed by atoms with Gasteiger partial charge in [-0.3, -0.25) is 9.79 Å². The molecule has 32 heavy (non-hydrogen) atoms. The Bertz CT molecular complexity index is 1150. The number of nitrogens with two attached hydrogens (primary N) is 1. The summed E-state index contributed by atoms with van der Waals surface area (Å²) in [5.41, 5.74) is 11.5. The van der Waals surface area contributed by atoms with E-state index in [1.54, 1.807) is 6.07 Å². The largest absolute Gasteiger partial charge is 0.330 e. The lowest BCUT2D eigenvalue weighted by Crippen LogP contribution is -2.22. The van der Waals surface area contributed by atoms with Gasteiger partial charge in [-0.2, -0.15) is 0 Å². The molecule has 3 N–H and O–H groups in total. The minimum Gasteiger partial charge on any atom is -0.330 e. The van der Waals surface area contributed by atoms with Crippen molar-refractivity contribution in [2.24, 2.45) is 10.7 Å². The Balaban J connectivity index is 1.80. The summed E-state index contributed by atoms with van der Waals surface area (Å²) >= 11 is 0. The Kier molecular flexibility index (Phi) is 6.44. The van der Waals surface area contributed by atoms with Crippen LogP contribution in [0.4, 0.5) is 15.8 Å². The highest BCUT2D eigenvalue weighted by molar-refractivity contribution is 6.24. The number of carbonyl (C=O) groups excluding carboxylic acids is 1. The predicted molar refractivity (Wildman–Crippen MR) is 127 cm³/mol. The van der Waals surface area contributed by atoms with Crippen molar-refractivity contribution in [3.8, 4) is 0 Å². The SMILES string of the molecule is CN(C)Cc1ccc(N=C(c2cccc(CCN)c2)C2C(=O)Nc3cc(F)ccc32)cc1. The number of nitrogens with zero attached hydrogens (tertiary/aromatic N) is 2. The van der Waals surface area contributed by atoms with Crippen LogP contribution in [-0.2, 0) is 17.8 Å². The molecule has 0 saturated carbocycles. The van der Waals surface area contributed by atoms with Crippen LogP contribution in [0, 0.1) is 5.82 Å². The van der Waals surface area contributed by atoms with Crippen LogP contribution in [0.1, 0.15) is 28.2 Å². The molecule has 1 unspecified atom stereocenters. The van der Waals surface area contributed by atoms with Crippen molar-refractivity contribution < 1.29 is 9.18 Å². The zero-order valence-electron chi connectivity index (χ0n) is 18.3. The van der Waals surface area contributed by atoms with Crippen LogP contribution in [0.3, 0.4) is 0 Å². The van der Waals surface area contributed by atoms with E-state index in [0.717, 1.165) is 35.3 Å². The molecule has 6 heteroatoms. The monoisotopic (exact) mass is 430 g/mol. The van der Waals surface area contributed by atoms with Crippen molar-refractivity contribution in [3.05, 3.63) is 94.8 Å². The number of rotatable bonds is 7. The number of hydrogen-bond acceptors (Lipinski definition) is 4. The summed E-state index contributed by atoms with van der Waals surface area (Å²) in [6, 6.07) is 20.3. The van der Waals surface area contributed by atoms with Crippen LogP contribution in [0.2, 0.25) is 0 Å². The molecule has 1 aliphatic heterocycles. The standard InChI is InChI=1S/C26H27FN4O/c1-31(2)16-18-6-9-21(10-7-18)29-25(19-5-3-4-17(14-19)12-13-28)24-22-11-8-20(27)15-23(22)30-26(24)32/h3-11,14-15,24H,12-13,16,28H2,1-2H3,(H,30,32). The Labute approximate surface area is 187 Å². The predicted octanol–water partition coefficient (Wildman–Crippen LogP) is 4.25. The quantitative estimate of drug-likeness (QED) is 0.551. The van der Waals surface area contributed by atoms with Crippen LogP contribution in [-0.4, -0.2) is 37.2 Å². The van der Waals surface area contributed by atoms with Crippen molar-refractivity contribution in [3.63, 3.8) is 0 Å². The van der Waals surface area contributed by atoms with Gasteiger partial charge in [0.15, 0.2) is 0 Å². The molecule has 3 aromatic carbocycles. The summed E-state index contributed by atoms with van der Waals surface area (Å²) in [7, 11) is 4.05. The third-order valence-electron chi connectivity index (χ3n) is 5.46. The minimum absolute atomic E-state index is 0.210. The van der Waals surface area contributed by atoms with Gasteiger partial charge in [0.25, 0.3) is 0 Å². The maximum absolute atomic E-state index is 13.8. The highest BCUT2D eigenvalue weighted by Crippen LogP contribution is 2.36. The van der Waals surface area contributed by atoms with Gasteiger partial charge >= 0.3 is 0 Å². The molecule has 1 amide bonds. The first-order valence-electron chi connectivity index (χ1n) is 10.7. The van der Waals surface area contributed by atoms with Crippen LogP contribution in [0.5, 0.6) is 0 Å². The van der Waals surface area contributed by atoms with E-state index < -0.39 is 5.92 Å². The molecular weight excluding hydrogens is 403 g/mol. The van der Waals surface area contributed by atoms with E-state index in [4.69, 9.17) is 10.7 Å². The lowest BCUT2D eigenvalue weighted by atomic mass is 9.89. The maximum Gasteiger partial charge on any atom is 0.238 e.